The highest BCUT2D eigenvalue weighted by atomic mass is 16.5. The van der Waals surface area contributed by atoms with Crippen LogP contribution < -0.4 is 5.32 Å². The van der Waals surface area contributed by atoms with Crippen molar-refractivity contribution in [2.75, 3.05) is 11.9 Å². The van der Waals surface area contributed by atoms with Crippen molar-refractivity contribution in [1.82, 2.24) is 15.0 Å². The number of H-pyrrole nitrogens is 1. The van der Waals surface area contributed by atoms with Crippen LogP contribution in [0, 0.1) is 17.8 Å². The van der Waals surface area contributed by atoms with E-state index >= 15 is 0 Å². The second kappa shape index (κ2) is 5.67. The maximum atomic E-state index is 12.4. The van der Waals surface area contributed by atoms with Gasteiger partial charge in [-0.25, -0.2) is 14.8 Å². The summed E-state index contributed by atoms with van der Waals surface area (Å²) < 4.78 is 5.22. The van der Waals surface area contributed by atoms with Crippen molar-refractivity contribution in [1.29, 1.82) is 0 Å². The molecule has 4 aliphatic carbocycles. The van der Waals surface area contributed by atoms with Gasteiger partial charge in [0.25, 0.3) is 0 Å². The van der Waals surface area contributed by atoms with Gasteiger partial charge in [0.2, 0.25) is 0 Å². The number of hydrogen-bond donors (Lipinski definition) is 3. The van der Waals surface area contributed by atoms with Crippen molar-refractivity contribution in [3.05, 3.63) is 18.1 Å². The van der Waals surface area contributed by atoms with E-state index in [1.165, 1.54) is 0 Å². The zero-order valence-corrected chi connectivity index (χ0v) is 14.9. The van der Waals surface area contributed by atoms with E-state index in [9.17, 15) is 9.90 Å². The van der Waals surface area contributed by atoms with Gasteiger partial charge in [0, 0.05) is 12.2 Å². The van der Waals surface area contributed by atoms with E-state index in [2.05, 4.69) is 20.3 Å². The molecule has 4 bridgehead atoms. The Kier molecular flexibility index (Phi) is 3.50. The third-order valence-corrected chi connectivity index (χ3v) is 6.50. The molecule has 26 heavy (non-hydrogen) atoms. The highest BCUT2D eigenvalue weighted by Crippen LogP contribution is 2.56. The molecule has 4 saturated carbocycles. The number of carbonyl (C=O) groups excluding carboxylic acids is 1. The lowest BCUT2D eigenvalue weighted by atomic mass is 9.52. The topological polar surface area (TPSA) is 100 Å². The quantitative estimate of drug-likeness (QED) is 0.728. The third kappa shape index (κ3) is 2.40. The standard InChI is InChI=1S/C19H24N4O3/c1-2-26-18(24)13-8-20-17-16(21-9-22-17)15(13)23-14-11-3-10-4-12(14)7-19(25,5-10)6-11/h8-12,14,25H,2-7H2,1H3,(H2,20,21,22,23). The molecule has 2 unspecified atom stereocenters. The Bertz CT molecular complexity index is 848. The molecule has 2 atom stereocenters. The predicted molar refractivity (Wildman–Crippen MR) is 95.8 cm³/mol. The number of imidazole rings is 1. The fourth-order valence-corrected chi connectivity index (χ4v) is 5.78. The molecule has 2 aromatic heterocycles. The largest absolute Gasteiger partial charge is 0.462 e. The summed E-state index contributed by atoms with van der Waals surface area (Å²) in [4.78, 5) is 24.1. The Morgan fingerprint density at radius 3 is 2.81 bits per heavy atom. The van der Waals surface area contributed by atoms with Crippen LogP contribution in [0.4, 0.5) is 5.69 Å². The molecule has 0 amide bonds. The number of esters is 1. The number of ether oxygens (including phenoxy) is 1. The Morgan fingerprint density at radius 2 is 2.12 bits per heavy atom. The van der Waals surface area contributed by atoms with E-state index < -0.39 is 5.60 Å². The number of aromatic amines is 1. The molecule has 2 aromatic rings. The van der Waals surface area contributed by atoms with Crippen LogP contribution >= 0.6 is 0 Å². The molecule has 0 saturated heterocycles. The Hall–Kier alpha value is -2.15. The fraction of sp³-hybridized carbons (Fsp3) is 0.632. The number of anilines is 1. The van der Waals surface area contributed by atoms with E-state index in [1.807, 2.05) is 0 Å². The van der Waals surface area contributed by atoms with Crippen molar-refractivity contribution in [3.63, 3.8) is 0 Å². The van der Waals surface area contributed by atoms with Gasteiger partial charge in [-0.15, -0.1) is 0 Å². The van der Waals surface area contributed by atoms with Gasteiger partial charge in [-0.1, -0.05) is 0 Å². The highest BCUT2D eigenvalue weighted by Gasteiger charge is 2.54. The van der Waals surface area contributed by atoms with Gasteiger partial charge in [0.1, 0.15) is 11.1 Å². The van der Waals surface area contributed by atoms with Crippen molar-refractivity contribution in [2.24, 2.45) is 17.8 Å². The minimum atomic E-state index is -0.474. The van der Waals surface area contributed by atoms with Crippen LogP contribution in [-0.2, 0) is 4.74 Å². The second-order valence-corrected chi connectivity index (χ2v) is 8.23. The first-order valence-electron chi connectivity index (χ1n) is 9.54. The lowest BCUT2D eigenvalue weighted by Gasteiger charge is -2.58. The average molecular weight is 356 g/mol. The molecule has 0 radical (unpaired) electrons. The number of aliphatic hydroxyl groups is 1. The van der Waals surface area contributed by atoms with E-state index in [0.29, 0.717) is 46.8 Å². The summed E-state index contributed by atoms with van der Waals surface area (Å²) in [6, 6.07) is 0.252. The smallest absolute Gasteiger partial charge is 0.341 e. The summed E-state index contributed by atoms with van der Waals surface area (Å²) >= 11 is 0. The number of rotatable bonds is 4. The SMILES string of the molecule is CCOC(=O)c1cnc2[nH]cnc2c1NC1C2CC3CC1CC(O)(C3)C2. The molecule has 0 aromatic carbocycles. The molecular formula is C19H24N4O3. The van der Waals surface area contributed by atoms with Crippen molar-refractivity contribution < 1.29 is 14.6 Å². The maximum absolute atomic E-state index is 12.4. The molecule has 2 heterocycles. The fourth-order valence-electron chi connectivity index (χ4n) is 5.78. The number of nitrogens with zero attached hydrogens (tertiary/aromatic N) is 2. The van der Waals surface area contributed by atoms with Crippen LogP contribution in [-0.4, -0.2) is 44.3 Å². The van der Waals surface area contributed by atoms with Gasteiger partial charge < -0.3 is 20.1 Å². The van der Waals surface area contributed by atoms with Gasteiger partial charge in [0.15, 0.2) is 5.65 Å². The first-order chi connectivity index (χ1) is 12.6. The molecular weight excluding hydrogens is 332 g/mol. The lowest BCUT2D eigenvalue weighted by Crippen LogP contribution is -2.59. The van der Waals surface area contributed by atoms with Gasteiger partial charge >= 0.3 is 5.97 Å². The van der Waals surface area contributed by atoms with Gasteiger partial charge in [-0.2, -0.15) is 0 Å². The monoisotopic (exact) mass is 356 g/mol. The summed E-state index contributed by atoms with van der Waals surface area (Å²) in [6.45, 7) is 2.12. The van der Waals surface area contributed by atoms with Crippen LogP contribution in [0.15, 0.2) is 12.5 Å². The van der Waals surface area contributed by atoms with Crippen molar-refractivity contribution in [2.45, 2.75) is 50.7 Å². The number of aromatic nitrogens is 3. The zero-order chi connectivity index (χ0) is 17.9. The molecule has 138 valence electrons. The normalized spacial score (nSPS) is 35.0. The van der Waals surface area contributed by atoms with Gasteiger partial charge in [-0.05, 0) is 56.8 Å². The van der Waals surface area contributed by atoms with Gasteiger partial charge in [-0.3, -0.25) is 0 Å². The maximum Gasteiger partial charge on any atom is 0.341 e. The molecule has 7 nitrogen and oxygen atoms in total. The Morgan fingerprint density at radius 1 is 1.35 bits per heavy atom. The zero-order valence-electron chi connectivity index (χ0n) is 14.9. The van der Waals surface area contributed by atoms with Crippen LogP contribution in [0.25, 0.3) is 11.2 Å². The van der Waals surface area contributed by atoms with Gasteiger partial charge in [0.05, 0.1) is 24.2 Å². The van der Waals surface area contributed by atoms with E-state index in [0.717, 1.165) is 32.1 Å². The minimum Gasteiger partial charge on any atom is -0.462 e. The Labute approximate surface area is 151 Å². The van der Waals surface area contributed by atoms with E-state index in [-0.39, 0.29) is 12.0 Å². The van der Waals surface area contributed by atoms with Crippen LogP contribution in [0.1, 0.15) is 49.4 Å². The molecule has 4 fully saturated rings. The number of fused-ring (bicyclic) bond motifs is 1. The van der Waals surface area contributed by atoms with Crippen LogP contribution in [0.5, 0.6) is 0 Å². The summed E-state index contributed by atoms with van der Waals surface area (Å²) in [7, 11) is 0. The molecule has 7 heteroatoms. The molecule has 0 spiro atoms. The molecule has 3 N–H and O–H groups in total. The van der Waals surface area contributed by atoms with E-state index in [1.54, 1.807) is 19.4 Å². The number of pyridine rings is 1. The third-order valence-electron chi connectivity index (χ3n) is 6.50. The molecule has 6 rings (SSSR count). The summed E-state index contributed by atoms with van der Waals surface area (Å²) in [5, 5.41) is 14.5. The van der Waals surface area contributed by atoms with Crippen LogP contribution in [0.2, 0.25) is 0 Å². The van der Waals surface area contributed by atoms with Crippen LogP contribution in [0.3, 0.4) is 0 Å². The average Bonchev–Trinajstić information content (AvgIpc) is 3.05. The lowest BCUT2D eigenvalue weighted by molar-refractivity contribution is -0.129. The Balaban J connectivity index is 1.52. The summed E-state index contributed by atoms with van der Waals surface area (Å²) in [5.41, 5.74) is 1.99. The minimum absolute atomic E-state index is 0.252. The van der Waals surface area contributed by atoms with Crippen molar-refractivity contribution in [3.8, 4) is 0 Å². The second-order valence-electron chi connectivity index (χ2n) is 8.23. The predicted octanol–water partition coefficient (Wildman–Crippen LogP) is 2.49. The first-order valence-corrected chi connectivity index (χ1v) is 9.54. The summed E-state index contributed by atoms with van der Waals surface area (Å²) in [5.74, 6) is 1.13. The summed E-state index contributed by atoms with van der Waals surface area (Å²) in [6.07, 6.45) is 8.11. The molecule has 0 aliphatic heterocycles. The number of carbonyl (C=O) groups is 1. The van der Waals surface area contributed by atoms with E-state index in [4.69, 9.17) is 4.74 Å². The number of nitrogens with one attached hydrogen (secondary N) is 2. The number of hydrogen-bond acceptors (Lipinski definition) is 6. The van der Waals surface area contributed by atoms with Crippen molar-refractivity contribution >= 4 is 22.8 Å². The first kappa shape index (κ1) is 16.1. The highest BCUT2D eigenvalue weighted by molar-refractivity contribution is 6.02. The molecule has 4 aliphatic rings.